The van der Waals surface area contributed by atoms with Crippen LogP contribution in [0.4, 0.5) is 4.39 Å². The second-order valence-electron chi connectivity index (χ2n) is 9.27. The number of benzene rings is 1. The van der Waals surface area contributed by atoms with Gasteiger partial charge in [0.2, 0.25) is 5.78 Å². The third-order valence-electron chi connectivity index (χ3n) is 6.36. The lowest BCUT2D eigenvalue weighted by atomic mass is 9.83. The van der Waals surface area contributed by atoms with Gasteiger partial charge >= 0.3 is 0 Å². The van der Waals surface area contributed by atoms with Crippen LogP contribution >= 0.6 is 0 Å². The summed E-state index contributed by atoms with van der Waals surface area (Å²) in [6.07, 6.45) is 17.3. The maximum atomic E-state index is 13.9. The van der Waals surface area contributed by atoms with E-state index in [1.807, 2.05) is 52.8 Å². The van der Waals surface area contributed by atoms with Crippen molar-refractivity contribution >= 4 is 11.4 Å². The number of ketones is 1. The van der Waals surface area contributed by atoms with Crippen LogP contribution in [-0.4, -0.2) is 16.7 Å². The summed E-state index contributed by atoms with van der Waals surface area (Å²) in [5, 5.41) is 0. The molecule has 2 nitrogen and oxygen atoms in total. The minimum atomic E-state index is -0.181. The van der Waals surface area contributed by atoms with Gasteiger partial charge in [-0.15, -0.1) is 0 Å². The van der Waals surface area contributed by atoms with Gasteiger partial charge in [-0.2, -0.15) is 0 Å². The van der Waals surface area contributed by atoms with E-state index in [4.69, 9.17) is 0 Å². The van der Waals surface area contributed by atoms with Crippen molar-refractivity contribution in [3.8, 4) is 0 Å². The molecule has 3 heteroatoms. The second-order valence-corrected chi connectivity index (χ2v) is 9.27. The number of carbonyl (C=O) groups excluding carboxylic acids is 1. The third kappa shape index (κ3) is 7.04. The quantitative estimate of drug-likeness (QED) is 0.365. The van der Waals surface area contributed by atoms with E-state index in [0.29, 0.717) is 17.2 Å². The van der Waals surface area contributed by atoms with Crippen LogP contribution in [0.3, 0.4) is 0 Å². The summed E-state index contributed by atoms with van der Waals surface area (Å²) in [5.41, 5.74) is 6.91. The molecule has 2 aliphatic rings. The molecule has 190 valence electrons. The Morgan fingerprint density at radius 3 is 2.54 bits per heavy atom. The van der Waals surface area contributed by atoms with Crippen molar-refractivity contribution < 1.29 is 10.6 Å². The van der Waals surface area contributed by atoms with Crippen LogP contribution < -0.4 is 0 Å². The largest absolute Gasteiger partial charge is 0.338 e. The van der Waals surface area contributed by atoms with E-state index in [1.54, 1.807) is 12.1 Å². The van der Waals surface area contributed by atoms with Crippen molar-refractivity contribution in [3.05, 3.63) is 100 Å². The molecule has 2 atom stereocenters. The Labute approximate surface area is 213 Å². The number of nitrogens with zero attached hydrogens (tertiary/aromatic N) is 1. The summed E-state index contributed by atoms with van der Waals surface area (Å²) in [7, 11) is 0. The van der Waals surface area contributed by atoms with Crippen molar-refractivity contribution in [2.24, 2.45) is 5.92 Å². The molecule has 1 aliphatic heterocycles. The highest BCUT2D eigenvalue weighted by Crippen LogP contribution is 2.37. The van der Waals surface area contributed by atoms with Crippen LogP contribution in [0.25, 0.3) is 5.57 Å². The van der Waals surface area contributed by atoms with Crippen molar-refractivity contribution in [2.75, 3.05) is 0 Å². The molecule has 3 rings (SSSR count). The Hall–Kier alpha value is -2.94. The highest BCUT2D eigenvalue weighted by Gasteiger charge is 2.24. The van der Waals surface area contributed by atoms with Gasteiger partial charge in [0.15, 0.2) is 0 Å². The Morgan fingerprint density at radius 1 is 1.20 bits per heavy atom. The van der Waals surface area contributed by atoms with E-state index in [9.17, 15) is 9.18 Å². The molecule has 0 spiro atoms. The standard InChI is InChI=1S/C30H36FNO.C2H6.H2/c1-7-9-20(3)17-30(33)29(8-2)32-19-25(12-11-23(32)6)26-14-10-21(4)16-27(26)24-13-15-28(31)22(5)18-24;1-2;/h8,10-15,17-19,21,23H,7,9,16H2,1-6H3;1-2H3;1H/b20-17-,29-8-;;. The highest BCUT2D eigenvalue weighted by atomic mass is 19.1. The molecule has 1 aliphatic carbocycles. The molecular formula is C32H44FNO. The molecular weight excluding hydrogens is 433 g/mol. The number of carbonyl (C=O) groups is 1. The molecule has 0 aromatic heterocycles. The van der Waals surface area contributed by atoms with E-state index in [-0.39, 0.29) is 19.1 Å². The molecule has 1 aromatic rings. The van der Waals surface area contributed by atoms with Gasteiger partial charge in [0, 0.05) is 13.7 Å². The van der Waals surface area contributed by atoms with Crippen molar-refractivity contribution in [3.63, 3.8) is 0 Å². The van der Waals surface area contributed by atoms with E-state index in [0.717, 1.165) is 41.5 Å². The minimum absolute atomic E-state index is 0. The number of hydrogen-bond acceptors (Lipinski definition) is 2. The molecule has 0 saturated carbocycles. The van der Waals surface area contributed by atoms with Crippen LogP contribution in [0.15, 0.2) is 83.3 Å². The third-order valence-corrected chi connectivity index (χ3v) is 6.36. The molecule has 0 fully saturated rings. The summed E-state index contributed by atoms with van der Waals surface area (Å²) < 4.78 is 13.9. The van der Waals surface area contributed by atoms with Crippen molar-refractivity contribution in [2.45, 2.75) is 80.7 Å². The molecule has 0 amide bonds. The predicted octanol–water partition coefficient (Wildman–Crippen LogP) is 9.12. The van der Waals surface area contributed by atoms with Crippen molar-refractivity contribution in [1.82, 2.24) is 4.90 Å². The summed E-state index contributed by atoms with van der Waals surface area (Å²) in [6.45, 7) is 16.2. The molecule has 1 aromatic carbocycles. The molecule has 0 saturated heterocycles. The van der Waals surface area contributed by atoms with Gasteiger partial charge in [-0.1, -0.05) is 76.1 Å². The molecule has 0 bridgehead atoms. The minimum Gasteiger partial charge on any atom is -0.338 e. The molecule has 1 heterocycles. The van der Waals surface area contributed by atoms with E-state index in [2.05, 4.69) is 56.2 Å². The van der Waals surface area contributed by atoms with E-state index < -0.39 is 0 Å². The Kier molecular flexibility index (Phi) is 10.7. The number of aryl methyl sites for hydroxylation is 1. The zero-order valence-electron chi connectivity index (χ0n) is 22.8. The average molecular weight is 478 g/mol. The van der Waals surface area contributed by atoms with Gasteiger partial charge in [0.05, 0.1) is 5.70 Å². The Bertz CT molecular complexity index is 1100. The lowest BCUT2D eigenvalue weighted by molar-refractivity contribution is -0.112. The van der Waals surface area contributed by atoms with Gasteiger partial charge in [-0.25, -0.2) is 4.39 Å². The topological polar surface area (TPSA) is 20.3 Å². The first-order chi connectivity index (χ1) is 16.7. The van der Waals surface area contributed by atoms with Crippen LogP contribution in [0, 0.1) is 18.7 Å². The lowest BCUT2D eigenvalue weighted by Gasteiger charge is -2.32. The molecule has 35 heavy (non-hydrogen) atoms. The first kappa shape index (κ1) is 28.3. The van der Waals surface area contributed by atoms with Crippen LogP contribution in [0.5, 0.6) is 0 Å². The maximum Gasteiger partial charge on any atom is 0.201 e. The first-order valence-corrected chi connectivity index (χ1v) is 13.0. The number of hydrogen-bond donors (Lipinski definition) is 0. The zero-order valence-corrected chi connectivity index (χ0v) is 22.8. The summed E-state index contributed by atoms with van der Waals surface area (Å²) in [4.78, 5) is 15.2. The van der Waals surface area contributed by atoms with Gasteiger partial charge in [0.25, 0.3) is 0 Å². The van der Waals surface area contributed by atoms with Crippen molar-refractivity contribution in [1.29, 1.82) is 0 Å². The number of rotatable bonds is 7. The number of allylic oxidation sites excluding steroid dienone is 9. The first-order valence-electron chi connectivity index (χ1n) is 13.0. The zero-order chi connectivity index (χ0) is 26.1. The van der Waals surface area contributed by atoms with Gasteiger partial charge in [-0.05, 0) is 92.5 Å². The van der Waals surface area contributed by atoms with Crippen LogP contribution in [0.2, 0.25) is 0 Å². The van der Waals surface area contributed by atoms with Gasteiger partial charge < -0.3 is 4.90 Å². The monoisotopic (exact) mass is 477 g/mol. The second kappa shape index (κ2) is 13.2. The van der Waals surface area contributed by atoms with Crippen LogP contribution in [0.1, 0.15) is 80.3 Å². The number of halogens is 1. The van der Waals surface area contributed by atoms with Gasteiger partial charge in [0.1, 0.15) is 5.82 Å². The Morgan fingerprint density at radius 2 is 1.91 bits per heavy atom. The fourth-order valence-corrected chi connectivity index (χ4v) is 4.51. The SMILES string of the molecule is C/C=C(/C(=O)/C=C(/C)CCC)N1C=C(C2=C(c3ccc(F)c(C)c3)CC(C)C=C2)C=CC1C.CC.[HH]. The molecule has 0 radical (unpaired) electrons. The molecule has 0 N–H and O–H groups in total. The van der Waals surface area contributed by atoms with Crippen LogP contribution in [-0.2, 0) is 4.79 Å². The smallest absolute Gasteiger partial charge is 0.201 e. The Balaban J connectivity index is 0.00000211. The highest BCUT2D eigenvalue weighted by molar-refractivity contribution is 6.04. The summed E-state index contributed by atoms with van der Waals surface area (Å²) >= 11 is 0. The average Bonchev–Trinajstić information content (AvgIpc) is 2.84. The van der Waals surface area contributed by atoms with E-state index >= 15 is 0 Å². The maximum absolute atomic E-state index is 13.9. The molecule has 2 unspecified atom stereocenters. The fraction of sp³-hybridized carbons (Fsp3) is 0.406. The fourth-order valence-electron chi connectivity index (χ4n) is 4.51. The predicted molar refractivity (Wildman–Crippen MR) is 150 cm³/mol. The summed E-state index contributed by atoms with van der Waals surface area (Å²) in [5.74, 6) is 0.272. The lowest BCUT2D eigenvalue weighted by Crippen LogP contribution is -2.31. The van der Waals surface area contributed by atoms with Gasteiger partial charge in [-0.3, -0.25) is 4.79 Å². The summed E-state index contributed by atoms with van der Waals surface area (Å²) in [6, 6.07) is 5.44. The normalized spacial score (nSPS) is 20.5. The van der Waals surface area contributed by atoms with E-state index in [1.165, 1.54) is 5.57 Å².